The maximum atomic E-state index is 9.44. The van der Waals surface area contributed by atoms with Crippen molar-refractivity contribution in [3.05, 3.63) is 99.5 Å². The minimum absolute atomic E-state index is 0.301. The van der Waals surface area contributed by atoms with Gasteiger partial charge in [-0.05, 0) is 86.4 Å². The molecule has 0 bridgehead atoms. The number of hydrogen-bond donors (Lipinski definition) is 1. The van der Waals surface area contributed by atoms with Crippen LogP contribution in [0.3, 0.4) is 0 Å². The molecule has 0 aliphatic carbocycles. The molecule has 0 saturated carbocycles. The van der Waals surface area contributed by atoms with Crippen LogP contribution in [0.5, 0.6) is 5.75 Å². The quantitative estimate of drug-likeness (QED) is 0.475. The molecule has 0 spiro atoms. The van der Waals surface area contributed by atoms with Crippen molar-refractivity contribution in [2.45, 2.75) is 25.3 Å². The fraction of sp³-hybridized carbons (Fsp3) is 0.250. The van der Waals surface area contributed by atoms with Crippen LogP contribution in [0.4, 0.5) is 0 Å². The third-order valence-corrected chi connectivity index (χ3v) is 5.98. The van der Waals surface area contributed by atoms with E-state index in [1.54, 1.807) is 12.1 Å². The van der Waals surface area contributed by atoms with Gasteiger partial charge in [-0.25, -0.2) is 0 Å². The highest BCUT2D eigenvalue weighted by Crippen LogP contribution is 2.36. The number of aromatic hydroxyl groups is 1. The molecule has 3 aromatic carbocycles. The molecular weight excluding hydrogens is 389 g/mol. The molecule has 0 heterocycles. The van der Waals surface area contributed by atoms with Crippen LogP contribution in [-0.2, 0) is 12.0 Å². The molecule has 0 fully saturated rings. The van der Waals surface area contributed by atoms with Gasteiger partial charge in [-0.1, -0.05) is 59.6 Å². The second kappa shape index (κ2) is 9.00. The zero-order valence-corrected chi connectivity index (χ0v) is 17.7. The predicted octanol–water partition coefficient (Wildman–Crippen LogP) is 6.53. The van der Waals surface area contributed by atoms with Crippen LogP contribution < -0.4 is 0 Å². The molecule has 28 heavy (non-hydrogen) atoms. The molecule has 3 rings (SSSR count). The van der Waals surface area contributed by atoms with E-state index in [2.05, 4.69) is 43.1 Å². The SMILES string of the molecule is CN(CCCc1ccc(O)cc1)C(C)(c1ccc(Cl)cc1)c1ccc(Cl)cc1. The number of benzene rings is 3. The van der Waals surface area contributed by atoms with Crippen molar-refractivity contribution in [2.75, 3.05) is 13.6 Å². The summed E-state index contributed by atoms with van der Waals surface area (Å²) in [6.45, 7) is 3.16. The van der Waals surface area contributed by atoms with Crippen LogP contribution in [0, 0.1) is 0 Å². The lowest BCUT2D eigenvalue weighted by Gasteiger charge is -2.40. The molecule has 0 radical (unpaired) electrons. The van der Waals surface area contributed by atoms with Crippen LogP contribution >= 0.6 is 23.2 Å². The van der Waals surface area contributed by atoms with E-state index in [1.807, 2.05) is 36.4 Å². The average Bonchev–Trinajstić information content (AvgIpc) is 2.70. The summed E-state index contributed by atoms with van der Waals surface area (Å²) in [6, 6.07) is 23.6. The largest absolute Gasteiger partial charge is 0.508 e. The molecule has 0 atom stereocenters. The van der Waals surface area contributed by atoms with E-state index in [0.29, 0.717) is 5.75 Å². The summed E-state index contributed by atoms with van der Waals surface area (Å²) >= 11 is 12.2. The van der Waals surface area contributed by atoms with Crippen molar-refractivity contribution in [3.8, 4) is 5.75 Å². The smallest absolute Gasteiger partial charge is 0.115 e. The molecule has 1 N–H and O–H groups in total. The number of halogens is 2. The van der Waals surface area contributed by atoms with E-state index < -0.39 is 0 Å². The van der Waals surface area contributed by atoms with Crippen molar-refractivity contribution in [1.82, 2.24) is 4.90 Å². The Hall–Kier alpha value is -2.00. The van der Waals surface area contributed by atoms with E-state index in [9.17, 15) is 5.11 Å². The fourth-order valence-corrected chi connectivity index (χ4v) is 3.81. The molecule has 4 heteroatoms. The molecule has 0 aliphatic rings. The Bertz CT molecular complexity index is 844. The normalized spacial score (nSPS) is 11.8. The Kier molecular flexibility index (Phi) is 6.66. The second-order valence-corrected chi connectivity index (χ2v) is 8.15. The fourth-order valence-electron chi connectivity index (χ4n) is 3.56. The van der Waals surface area contributed by atoms with Crippen LogP contribution in [0.2, 0.25) is 10.0 Å². The highest BCUT2D eigenvalue weighted by atomic mass is 35.5. The minimum atomic E-state index is -0.301. The van der Waals surface area contributed by atoms with Crippen molar-refractivity contribution in [1.29, 1.82) is 0 Å². The van der Waals surface area contributed by atoms with Gasteiger partial charge in [0.25, 0.3) is 0 Å². The third kappa shape index (κ3) is 4.70. The van der Waals surface area contributed by atoms with E-state index in [-0.39, 0.29) is 5.54 Å². The van der Waals surface area contributed by atoms with E-state index in [4.69, 9.17) is 23.2 Å². The Balaban J connectivity index is 1.82. The van der Waals surface area contributed by atoms with Crippen molar-refractivity contribution in [2.24, 2.45) is 0 Å². The first kappa shape index (κ1) is 20.7. The molecule has 0 amide bonds. The highest BCUT2D eigenvalue weighted by Gasteiger charge is 2.33. The number of hydrogen-bond acceptors (Lipinski definition) is 2. The zero-order valence-electron chi connectivity index (χ0n) is 16.2. The lowest BCUT2D eigenvalue weighted by molar-refractivity contribution is 0.176. The Morgan fingerprint density at radius 3 is 1.71 bits per heavy atom. The van der Waals surface area contributed by atoms with Gasteiger partial charge in [0, 0.05) is 10.0 Å². The van der Waals surface area contributed by atoms with Crippen LogP contribution in [0.25, 0.3) is 0 Å². The summed E-state index contributed by atoms with van der Waals surface area (Å²) in [6.07, 6.45) is 1.97. The summed E-state index contributed by atoms with van der Waals surface area (Å²) in [7, 11) is 2.15. The van der Waals surface area contributed by atoms with Crippen molar-refractivity contribution >= 4 is 23.2 Å². The number of rotatable bonds is 7. The van der Waals surface area contributed by atoms with Gasteiger partial charge in [-0.15, -0.1) is 0 Å². The Labute approximate surface area is 177 Å². The van der Waals surface area contributed by atoms with Gasteiger partial charge >= 0.3 is 0 Å². The first-order valence-electron chi connectivity index (χ1n) is 9.41. The van der Waals surface area contributed by atoms with Crippen molar-refractivity contribution < 1.29 is 5.11 Å². The summed E-state index contributed by atoms with van der Waals surface area (Å²) in [5.41, 5.74) is 3.30. The predicted molar refractivity (Wildman–Crippen MR) is 118 cm³/mol. The summed E-state index contributed by atoms with van der Waals surface area (Å²) in [4.78, 5) is 2.37. The minimum Gasteiger partial charge on any atom is -0.508 e. The van der Waals surface area contributed by atoms with Gasteiger partial charge in [0.2, 0.25) is 0 Å². The average molecular weight is 414 g/mol. The molecular formula is C24H25Cl2NO. The summed E-state index contributed by atoms with van der Waals surface area (Å²) < 4.78 is 0. The van der Waals surface area contributed by atoms with Crippen LogP contribution in [-0.4, -0.2) is 23.6 Å². The monoisotopic (exact) mass is 413 g/mol. The van der Waals surface area contributed by atoms with E-state index >= 15 is 0 Å². The van der Waals surface area contributed by atoms with Gasteiger partial charge in [-0.3, -0.25) is 4.90 Å². The first-order valence-corrected chi connectivity index (χ1v) is 10.2. The summed E-state index contributed by atoms with van der Waals surface area (Å²) in [5.74, 6) is 0.305. The highest BCUT2D eigenvalue weighted by molar-refractivity contribution is 6.30. The molecule has 0 saturated heterocycles. The molecule has 2 nitrogen and oxygen atoms in total. The molecule has 0 unspecified atom stereocenters. The van der Waals surface area contributed by atoms with Gasteiger partial charge in [0.15, 0.2) is 0 Å². The number of phenols is 1. The molecule has 0 aliphatic heterocycles. The molecule has 146 valence electrons. The van der Waals surface area contributed by atoms with Gasteiger partial charge in [-0.2, -0.15) is 0 Å². The first-order chi connectivity index (χ1) is 13.4. The van der Waals surface area contributed by atoms with Crippen LogP contribution in [0.15, 0.2) is 72.8 Å². The number of nitrogens with zero attached hydrogens (tertiary/aromatic N) is 1. The zero-order chi connectivity index (χ0) is 20.1. The lowest BCUT2D eigenvalue weighted by Crippen LogP contribution is -2.42. The molecule has 3 aromatic rings. The maximum absolute atomic E-state index is 9.44. The summed E-state index contributed by atoms with van der Waals surface area (Å²) in [5, 5.41) is 10.9. The topological polar surface area (TPSA) is 23.5 Å². The Morgan fingerprint density at radius 1 is 0.786 bits per heavy atom. The molecule has 0 aromatic heterocycles. The third-order valence-electron chi connectivity index (χ3n) is 5.47. The van der Waals surface area contributed by atoms with E-state index in [1.165, 1.54) is 16.7 Å². The van der Waals surface area contributed by atoms with Gasteiger partial charge < -0.3 is 5.11 Å². The van der Waals surface area contributed by atoms with E-state index in [0.717, 1.165) is 29.4 Å². The van der Waals surface area contributed by atoms with Crippen LogP contribution in [0.1, 0.15) is 30.0 Å². The second-order valence-electron chi connectivity index (χ2n) is 7.28. The number of phenolic OH excluding ortho intramolecular Hbond substituents is 1. The number of aryl methyl sites for hydroxylation is 1. The lowest BCUT2D eigenvalue weighted by atomic mass is 9.83. The standard InChI is InChI=1S/C24H25Cl2NO/c1-24(19-7-11-21(25)12-8-19,20-9-13-22(26)14-10-20)27(2)17-3-4-18-5-15-23(28)16-6-18/h5-16,28H,3-4,17H2,1-2H3. The van der Waals surface area contributed by atoms with Gasteiger partial charge in [0.1, 0.15) is 5.75 Å². The maximum Gasteiger partial charge on any atom is 0.115 e. The Morgan fingerprint density at radius 2 is 1.25 bits per heavy atom. The van der Waals surface area contributed by atoms with Crippen molar-refractivity contribution in [3.63, 3.8) is 0 Å². The van der Waals surface area contributed by atoms with Gasteiger partial charge in [0.05, 0.1) is 5.54 Å².